The standard InChI is InChI=1S/C12H17BrFN/c1-12(2,3)11(15-4)9-7-8(13)5-6-10(9)14/h5-7,11,15H,1-4H3. The van der Waals surface area contributed by atoms with Crippen LogP contribution in [0.5, 0.6) is 0 Å². The summed E-state index contributed by atoms with van der Waals surface area (Å²) in [6, 6.07) is 5.06. The van der Waals surface area contributed by atoms with E-state index in [0.29, 0.717) is 5.56 Å². The van der Waals surface area contributed by atoms with Gasteiger partial charge in [-0.2, -0.15) is 0 Å². The van der Waals surface area contributed by atoms with Crippen molar-refractivity contribution in [3.05, 3.63) is 34.1 Å². The molecule has 1 unspecified atom stereocenters. The minimum atomic E-state index is -0.160. The first-order chi connectivity index (χ1) is 6.86. The smallest absolute Gasteiger partial charge is 0.128 e. The van der Waals surface area contributed by atoms with Crippen LogP contribution in [0.25, 0.3) is 0 Å². The van der Waals surface area contributed by atoms with Crippen LogP contribution in [0.3, 0.4) is 0 Å². The number of rotatable bonds is 2. The van der Waals surface area contributed by atoms with Crippen molar-refractivity contribution in [2.75, 3.05) is 7.05 Å². The van der Waals surface area contributed by atoms with Crippen molar-refractivity contribution in [3.63, 3.8) is 0 Å². The molecule has 0 bridgehead atoms. The van der Waals surface area contributed by atoms with Gasteiger partial charge in [-0.3, -0.25) is 0 Å². The molecule has 0 heterocycles. The van der Waals surface area contributed by atoms with Crippen molar-refractivity contribution >= 4 is 15.9 Å². The van der Waals surface area contributed by atoms with Crippen LogP contribution < -0.4 is 5.32 Å². The first kappa shape index (κ1) is 12.7. The highest BCUT2D eigenvalue weighted by molar-refractivity contribution is 9.10. The molecule has 0 saturated heterocycles. The van der Waals surface area contributed by atoms with Crippen LogP contribution in [0.2, 0.25) is 0 Å². The quantitative estimate of drug-likeness (QED) is 0.862. The molecule has 1 N–H and O–H groups in total. The van der Waals surface area contributed by atoms with Crippen LogP contribution in [0.4, 0.5) is 4.39 Å². The predicted molar refractivity (Wildman–Crippen MR) is 65.4 cm³/mol. The Kier molecular flexibility index (Phi) is 3.90. The normalized spacial score (nSPS) is 14.0. The van der Waals surface area contributed by atoms with E-state index < -0.39 is 0 Å². The summed E-state index contributed by atoms with van der Waals surface area (Å²) >= 11 is 3.37. The number of hydrogen-bond acceptors (Lipinski definition) is 1. The average molecular weight is 274 g/mol. The number of nitrogens with one attached hydrogen (secondary N) is 1. The van der Waals surface area contributed by atoms with E-state index in [1.165, 1.54) is 6.07 Å². The van der Waals surface area contributed by atoms with E-state index in [0.717, 1.165) is 4.47 Å². The number of hydrogen-bond donors (Lipinski definition) is 1. The van der Waals surface area contributed by atoms with Crippen LogP contribution in [0.1, 0.15) is 32.4 Å². The van der Waals surface area contributed by atoms with Crippen molar-refractivity contribution < 1.29 is 4.39 Å². The fraction of sp³-hybridized carbons (Fsp3) is 0.500. The van der Waals surface area contributed by atoms with Gasteiger partial charge in [0.1, 0.15) is 5.82 Å². The fourth-order valence-electron chi connectivity index (χ4n) is 1.79. The minimum Gasteiger partial charge on any atom is -0.312 e. The topological polar surface area (TPSA) is 12.0 Å². The van der Waals surface area contributed by atoms with E-state index in [4.69, 9.17) is 0 Å². The van der Waals surface area contributed by atoms with Crippen LogP contribution in [0.15, 0.2) is 22.7 Å². The molecule has 1 aromatic rings. The highest BCUT2D eigenvalue weighted by Gasteiger charge is 2.26. The molecule has 1 aromatic carbocycles. The Balaban J connectivity index is 3.18. The van der Waals surface area contributed by atoms with Crippen LogP contribution in [-0.4, -0.2) is 7.05 Å². The molecule has 1 atom stereocenters. The largest absolute Gasteiger partial charge is 0.312 e. The maximum absolute atomic E-state index is 13.7. The minimum absolute atomic E-state index is 0.00926. The van der Waals surface area contributed by atoms with Gasteiger partial charge in [-0.05, 0) is 30.7 Å². The lowest BCUT2D eigenvalue weighted by atomic mass is 9.82. The lowest BCUT2D eigenvalue weighted by molar-refractivity contribution is 0.280. The van der Waals surface area contributed by atoms with Gasteiger partial charge in [-0.25, -0.2) is 4.39 Å². The second-order valence-electron chi connectivity index (χ2n) is 4.75. The van der Waals surface area contributed by atoms with E-state index in [-0.39, 0.29) is 17.3 Å². The molecule has 0 aromatic heterocycles. The molecule has 1 rings (SSSR count). The third-order valence-corrected chi connectivity index (χ3v) is 2.92. The molecule has 0 saturated carbocycles. The Morgan fingerprint density at radius 2 is 1.93 bits per heavy atom. The van der Waals surface area contributed by atoms with Gasteiger partial charge in [-0.15, -0.1) is 0 Å². The Labute approximate surface area is 99.2 Å². The van der Waals surface area contributed by atoms with Crippen molar-refractivity contribution in [1.82, 2.24) is 5.32 Å². The summed E-state index contributed by atoms with van der Waals surface area (Å²) in [5, 5.41) is 3.17. The maximum Gasteiger partial charge on any atom is 0.128 e. The SMILES string of the molecule is CNC(c1cc(Br)ccc1F)C(C)(C)C. The summed E-state index contributed by atoms with van der Waals surface area (Å²) in [4.78, 5) is 0. The molecule has 3 heteroatoms. The zero-order valence-electron chi connectivity index (χ0n) is 9.57. The third kappa shape index (κ3) is 3.02. The summed E-state index contributed by atoms with van der Waals surface area (Å²) in [5.41, 5.74) is 0.690. The van der Waals surface area contributed by atoms with Crippen LogP contribution in [-0.2, 0) is 0 Å². The van der Waals surface area contributed by atoms with Gasteiger partial charge >= 0.3 is 0 Å². The molecule has 0 aliphatic rings. The molecule has 0 amide bonds. The second-order valence-corrected chi connectivity index (χ2v) is 5.67. The molecule has 1 nitrogen and oxygen atoms in total. The van der Waals surface area contributed by atoms with E-state index in [9.17, 15) is 4.39 Å². The Morgan fingerprint density at radius 3 is 2.40 bits per heavy atom. The summed E-state index contributed by atoms with van der Waals surface area (Å²) in [5.74, 6) is -0.160. The Hall–Kier alpha value is -0.410. The zero-order valence-corrected chi connectivity index (χ0v) is 11.2. The first-order valence-corrected chi connectivity index (χ1v) is 5.78. The second kappa shape index (κ2) is 4.62. The van der Waals surface area contributed by atoms with Gasteiger partial charge in [0.05, 0.1) is 0 Å². The van der Waals surface area contributed by atoms with Crippen molar-refractivity contribution in [2.45, 2.75) is 26.8 Å². The Morgan fingerprint density at radius 1 is 1.33 bits per heavy atom. The van der Waals surface area contributed by atoms with Crippen molar-refractivity contribution in [3.8, 4) is 0 Å². The van der Waals surface area contributed by atoms with Crippen LogP contribution >= 0.6 is 15.9 Å². The summed E-state index contributed by atoms with van der Waals surface area (Å²) in [6.45, 7) is 6.28. The van der Waals surface area contributed by atoms with Gasteiger partial charge in [-0.1, -0.05) is 36.7 Å². The first-order valence-electron chi connectivity index (χ1n) is 4.98. The van der Waals surface area contributed by atoms with Gasteiger partial charge < -0.3 is 5.32 Å². The highest BCUT2D eigenvalue weighted by Crippen LogP contribution is 2.34. The fourth-order valence-corrected chi connectivity index (χ4v) is 2.17. The molecule has 0 aliphatic heterocycles. The van der Waals surface area contributed by atoms with E-state index in [1.54, 1.807) is 6.07 Å². The summed E-state index contributed by atoms with van der Waals surface area (Å²) in [6.07, 6.45) is 0. The summed E-state index contributed by atoms with van der Waals surface area (Å²) in [7, 11) is 1.86. The van der Waals surface area contributed by atoms with Gasteiger partial charge in [0, 0.05) is 16.1 Å². The molecule has 0 spiro atoms. The molecular formula is C12H17BrFN. The summed E-state index contributed by atoms with van der Waals surface area (Å²) < 4.78 is 14.6. The average Bonchev–Trinajstić information content (AvgIpc) is 2.10. The van der Waals surface area contributed by atoms with Gasteiger partial charge in [0.25, 0.3) is 0 Å². The Bertz CT molecular complexity index is 344. The zero-order chi connectivity index (χ0) is 11.6. The van der Waals surface area contributed by atoms with Crippen molar-refractivity contribution in [2.24, 2.45) is 5.41 Å². The van der Waals surface area contributed by atoms with E-state index in [1.807, 2.05) is 13.1 Å². The molecule has 84 valence electrons. The predicted octanol–water partition coefficient (Wildman–Crippen LogP) is 3.89. The molecule has 0 aliphatic carbocycles. The molecule has 0 fully saturated rings. The van der Waals surface area contributed by atoms with E-state index in [2.05, 4.69) is 42.0 Å². The lowest BCUT2D eigenvalue weighted by Crippen LogP contribution is -2.30. The molecule has 0 radical (unpaired) electrons. The highest BCUT2D eigenvalue weighted by atomic mass is 79.9. The number of benzene rings is 1. The molecule has 15 heavy (non-hydrogen) atoms. The third-order valence-electron chi connectivity index (χ3n) is 2.42. The number of halogens is 2. The lowest BCUT2D eigenvalue weighted by Gasteiger charge is -2.31. The van der Waals surface area contributed by atoms with Gasteiger partial charge in [0.15, 0.2) is 0 Å². The molecular weight excluding hydrogens is 257 g/mol. The van der Waals surface area contributed by atoms with Gasteiger partial charge in [0.2, 0.25) is 0 Å². The van der Waals surface area contributed by atoms with Crippen molar-refractivity contribution in [1.29, 1.82) is 0 Å². The maximum atomic E-state index is 13.7. The monoisotopic (exact) mass is 273 g/mol. The van der Waals surface area contributed by atoms with E-state index >= 15 is 0 Å². The van der Waals surface area contributed by atoms with Crippen LogP contribution in [0, 0.1) is 11.2 Å².